The van der Waals surface area contributed by atoms with Crippen LogP contribution in [0, 0.1) is 0 Å². The zero-order valence-corrected chi connectivity index (χ0v) is 18.3. The second-order valence-electron chi connectivity index (χ2n) is 7.39. The molecule has 166 valence electrons. The third-order valence-corrected chi connectivity index (χ3v) is 5.25. The monoisotopic (exact) mass is 425 g/mol. The van der Waals surface area contributed by atoms with Crippen LogP contribution in [-0.4, -0.2) is 51.8 Å². The molecule has 0 aliphatic carbocycles. The summed E-state index contributed by atoms with van der Waals surface area (Å²) >= 11 is 0. The Balaban J connectivity index is 1.78. The molecule has 0 atom stereocenters. The van der Waals surface area contributed by atoms with E-state index in [1.165, 1.54) is 7.11 Å². The lowest BCUT2D eigenvalue weighted by molar-refractivity contribution is 0.0943. The number of benzene rings is 2. The summed E-state index contributed by atoms with van der Waals surface area (Å²) in [5.41, 5.74) is 2.47. The highest BCUT2D eigenvalue weighted by atomic mass is 16.5. The number of carbonyl (C=O) groups excluding carboxylic acids is 2. The van der Waals surface area contributed by atoms with E-state index in [-0.39, 0.29) is 11.8 Å². The minimum absolute atomic E-state index is 0.146. The number of hydrogen-bond acceptors (Lipinski definition) is 5. The summed E-state index contributed by atoms with van der Waals surface area (Å²) < 4.78 is 10.6. The zero-order chi connectivity index (χ0) is 22.1. The standard InChI is InChI=1S/C24H31N3O4/c1-3-31-16-8-13-25-23(28)20-17-18(11-12-21(20)27-14-6-7-15-27)26-24(29)19-9-4-5-10-22(19)30-2/h4-5,9-12,17H,3,6-8,13-16H2,1-2H3,(H,25,28)(H,26,29). The molecule has 2 aromatic carbocycles. The Kier molecular flexibility index (Phi) is 8.29. The summed E-state index contributed by atoms with van der Waals surface area (Å²) in [4.78, 5) is 27.9. The van der Waals surface area contributed by atoms with E-state index in [0.29, 0.717) is 42.3 Å². The molecule has 1 aliphatic rings. The van der Waals surface area contributed by atoms with Crippen LogP contribution in [-0.2, 0) is 4.74 Å². The van der Waals surface area contributed by atoms with Gasteiger partial charge in [0.25, 0.3) is 11.8 Å². The fourth-order valence-electron chi connectivity index (χ4n) is 3.68. The van der Waals surface area contributed by atoms with Crippen molar-refractivity contribution in [1.29, 1.82) is 0 Å². The lowest BCUT2D eigenvalue weighted by Crippen LogP contribution is -2.29. The van der Waals surface area contributed by atoms with Crippen molar-refractivity contribution in [2.24, 2.45) is 0 Å². The molecular weight excluding hydrogens is 394 g/mol. The number of carbonyl (C=O) groups is 2. The van der Waals surface area contributed by atoms with Gasteiger partial charge >= 0.3 is 0 Å². The van der Waals surface area contributed by atoms with Gasteiger partial charge in [-0.15, -0.1) is 0 Å². The molecule has 0 spiro atoms. The molecule has 1 aliphatic heterocycles. The lowest BCUT2D eigenvalue weighted by atomic mass is 10.1. The predicted octanol–water partition coefficient (Wildman–Crippen LogP) is 3.70. The number of amides is 2. The first kappa shape index (κ1) is 22.6. The van der Waals surface area contributed by atoms with Crippen LogP contribution in [0.4, 0.5) is 11.4 Å². The normalized spacial score (nSPS) is 13.2. The van der Waals surface area contributed by atoms with E-state index in [9.17, 15) is 9.59 Å². The maximum atomic E-state index is 13.0. The van der Waals surface area contributed by atoms with Crippen molar-refractivity contribution in [3.05, 3.63) is 53.6 Å². The largest absolute Gasteiger partial charge is 0.496 e. The van der Waals surface area contributed by atoms with Gasteiger partial charge in [0.2, 0.25) is 0 Å². The molecule has 0 saturated carbocycles. The van der Waals surface area contributed by atoms with Gasteiger partial charge in [-0.25, -0.2) is 0 Å². The van der Waals surface area contributed by atoms with Crippen molar-refractivity contribution in [3.63, 3.8) is 0 Å². The Morgan fingerprint density at radius 1 is 1.03 bits per heavy atom. The average Bonchev–Trinajstić information content (AvgIpc) is 3.33. The molecule has 3 rings (SSSR count). The highest BCUT2D eigenvalue weighted by Gasteiger charge is 2.21. The Labute approximate surface area is 183 Å². The highest BCUT2D eigenvalue weighted by Crippen LogP contribution is 2.28. The Morgan fingerprint density at radius 3 is 2.55 bits per heavy atom. The third kappa shape index (κ3) is 5.98. The Hall–Kier alpha value is -3.06. The van der Waals surface area contributed by atoms with E-state index < -0.39 is 0 Å². The van der Waals surface area contributed by atoms with Gasteiger partial charge in [0, 0.05) is 44.2 Å². The summed E-state index contributed by atoms with van der Waals surface area (Å²) in [6.07, 6.45) is 2.98. The summed E-state index contributed by atoms with van der Waals surface area (Å²) in [6, 6.07) is 12.6. The van der Waals surface area contributed by atoms with Gasteiger partial charge in [-0.05, 0) is 56.5 Å². The zero-order valence-electron chi connectivity index (χ0n) is 18.3. The molecule has 0 aromatic heterocycles. The third-order valence-electron chi connectivity index (χ3n) is 5.25. The van der Waals surface area contributed by atoms with Crippen molar-refractivity contribution >= 4 is 23.2 Å². The molecule has 1 saturated heterocycles. The smallest absolute Gasteiger partial charge is 0.259 e. The van der Waals surface area contributed by atoms with E-state index in [0.717, 1.165) is 38.0 Å². The maximum absolute atomic E-state index is 13.0. The van der Waals surface area contributed by atoms with Gasteiger partial charge in [-0.1, -0.05) is 12.1 Å². The summed E-state index contributed by atoms with van der Waals surface area (Å²) in [5.74, 6) is 0.0715. The van der Waals surface area contributed by atoms with Gasteiger partial charge in [-0.3, -0.25) is 9.59 Å². The van der Waals surface area contributed by atoms with Crippen molar-refractivity contribution in [2.75, 3.05) is 50.2 Å². The number of methoxy groups -OCH3 is 1. The van der Waals surface area contributed by atoms with Gasteiger partial charge in [-0.2, -0.15) is 0 Å². The molecule has 1 fully saturated rings. The Bertz CT molecular complexity index is 894. The number of nitrogens with zero attached hydrogens (tertiary/aromatic N) is 1. The molecule has 1 heterocycles. The van der Waals surface area contributed by atoms with E-state index >= 15 is 0 Å². The second-order valence-corrected chi connectivity index (χ2v) is 7.39. The second kappa shape index (κ2) is 11.4. The molecular formula is C24H31N3O4. The minimum atomic E-state index is -0.283. The van der Waals surface area contributed by atoms with E-state index in [4.69, 9.17) is 9.47 Å². The van der Waals surface area contributed by atoms with Crippen molar-refractivity contribution in [3.8, 4) is 5.75 Å². The van der Waals surface area contributed by atoms with Crippen LogP contribution >= 0.6 is 0 Å². The molecule has 2 N–H and O–H groups in total. The highest BCUT2D eigenvalue weighted by molar-refractivity contribution is 6.07. The van der Waals surface area contributed by atoms with Crippen LogP contribution in [0.5, 0.6) is 5.75 Å². The lowest BCUT2D eigenvalue weighted by Gasteiger charge is -2.22. The quantitative estimate of drug-likeness (QED) is 0.568. The fourth-order valence-corrected chi connectivity index (χ4v) is 3.68. The van der Waals surface area contributed by atoms with Gasteiger partial charge < -0.3 is 25.0 Å². The van der Waals surface area contributed by atoms with Crippen LogP contribution in [0.3, 0.4) is 0 Å². The van der Waals surface area contributed by atoms with Crippen molar-refractivity contribution in [2.45, 2.75) is 26.2 Å². The summed E-state index contributed by atoms with van der Waals surface area (Å²) in [5, 5.41) is 5.87. The maximum Gasteiger partial charge on any atom is 0.259 e. The van der Waals surface area contributed by atoms with E-state index in [1.54, 1.807) is 24.3 Å². The van der Waals surface area contributed by atoms with Crippen LogP contribution in [0.2, 0.25) is 0 Å². The van der Waals surface area contributed by atoms with Gasteiger partial charge in [0.1, 0.15) is 5.75 Å². The molecule has 0 unspecified atom stereocenters. The van der Waals surface area contributed by atoms with Crippen LogP contribution in [0.1, 0.15) is 46.9 Å². The molecule has 0 radical (unpaired) electrons. The molecule has 0 bridgehead atoms. The number of nitrogens with one attached hydrogen (secondary N) is 2. The minimum Gasteiger partial charge on any atom is -0.496 e. The fraction of sp³-hybridized carbons (Fsp3) is 0.417. The van der Waals surface area contributed by atoms with Crippen LogP contribution in [0.15, 0.2) is 42.5 Å². The van der Waals surface area contributed by atoms with Gasteiger partial charge in [0.05, 0.1) is 18.2 Å². The first-order valence-electron chi connectivity index (χ1n) is 10.8. The first-order valence-corrected chi connectivity index (χ1v) is 10.8. The molecule has 7 heteroatoms. The van der Waals surface area contributed by atoms with Crippen LogP contribution < -0.4 is 20.3 Å². The topological polar surface area (TPSA) is 79.9 Å². The van der Waals surface area contributed by atoms with Gasteiger partial charge in [0.15, 0.2) is 0 Å². The van der Waals surface area contributed by atoms with Crippen molar-refractivity contribution in [1.82, 2.24) is 5.32 Å². The van der Waals surface area contributed by atoms with Crippen LogP contribution in [0.25, 0.3) is 0 Å². The summed E-state index contributed by atoms with van der Waals surface area (Å²) in [7, 11) is 1.53. The average molecular weight is 426 g/mol. The van der Waals surface area contributed by atoms with E-state index in [1.807, 2.05) is 25.1 Å². The number of ether oxygens (including phenoxy) is 2. The molecule has 31 heavy (non-hydrogen) atoms. The Morgan fingerprint density at radius 2 is 1.81 bits per heavy atom. The predicted molar refractivity (Wildman–Crippen MR) is 122 cm³/mol. The molecule has 2 amide bonds. The number of anilines is 2. The SMILES string of the molecule is CCOCCCNC(=O)c1cc(NC(=O)c2ccccc2OC)ccc1N1CCCC1. The van der Waals surface area contributed by atoms with E-state index in [2.05, 4.69) is 15.5 Å². The number of hydrogen-bond donors (Lipinski definition) is 2. The first-order chi connectivity index (χ1) is 15.1. The van der Waals surface area contributed by atoms with Crippen molar-refractivity contribution < 1.29 is 19.1 Å². The molecule has 2 aromatic rings. The number of para-hydroxylation sites is 1. The molecule has 7 nitrogen and oxygen atoms in total. The summed E-state index contributed by atoms with van der Waals surface area (Å²) in [6.45, 7) is 5.63. The number of rotatable bonds is 10.